The molecule has 1 N–H and O–H groups in total. The molecule has 23 heavy (non-hydrogen) atoms. The van der Waals surface area contributed by atoms with Gasteiger partial charge < -0.3 is 10.1 Å². The van der Waals surface area contributed by atoms with Crippen molar-refractivity contribution in [2.45, 2.75) is 26.7 Å². The van der Waals surface area contributed by atoms with Crippen LogP contribution in [0.4, 0.5) is 10.1 Å². The number of carbonyl (C=O) groups is 1. The molecular weight excluding hydrogens is 317 g/mol. The summed E-state index contributed by atoms with van der Waals surface area (Å²) in [6.07, 6.45) is 1.66. The van der Waals surface area contributed by atoms with Crippen LogP contribution in [0.25, 0.3) is 0 Å². The number of amides is 1. The molecule has 0 aromatic heterocycles. The van der Waals surface area contributed by atoms with E-state index >= 15 is 0 Å². The Labute approximate surface area is 140 Å². The quantitative estimate of drug-likeness (QED) is 0.836. The minimum Gasteiger partial charge on any atom is -0.484 e. The summed E-state index contributed by atoms with van der Waals surface area (Å²) >= 11 is 5.68. The van der Waals surface area contributed by atoms with Gasteiger partial charge in [-0.2, -0.15) is 0 Å². The van der Waals surface area contributed by atoms with Crippen molar-refractivity contribution in [1.29, 1.82) is 0 Å². The Morgan fingerprint density at radius 3 is 2.39 bits per heavy atom. The third-order valence-electron chi connectivity index (χ3n) is 3.52. The number of rotatable bonds is 6. The van der Waals surface area contributed by atoms with Crippen LogP contribution in [0.5, 0.6) is 5.75 Å². The van der Waals surface area contributed by atoms with Crippen LogP contribution in [0.1, 0.15) is 25.0 Å². The Morgan fingerprint density at radius 2 is 1.83 bits per heavy atom. The van der Waals surface area contributed by atoms with Crippen LogP contribution in [0.2, 0.25) is 5.02 Å². The molecule has 0 saturated heterocycles. The van der Waals surface area contributed by atoms with E-state index in [0.29, 0.717) is 5.75 Å². The van der Waals surface area contributed by atoms with Crippen LogP contribution in [-0.4, -0.2) is 12.5 Å². The smallest absolute Gasteiger partial charge is 0.262 e. The van der Waals surface area contributed by atoms with E-state index in [2.05, 4.69) is 5.32 Å². The highest BCUT2D eigenvalue weighted by atomic mass is 35.5. The number of ether oxygens (including phenoxy) is 1. The summed E-state index contributed by atoms with van der Waals surface area (Å²) in [5.74, 6) is -0.431. The first-order chi connectivity index (χ1) is 11.0. The zero-order chi connectivity index (χ0) is 16.8. The summed E-state index contributed by atoms with van der Waals surface area (Å²) in [6.45, 7) is 3.92. The van der Waals surface area contributed by atoms with Crippen molar-refractivity contribution >= 4 is 23.2 Å². The predicted octanol–water partition coefficient (Wildman–Crippen LogP) is 4.62. The normalized spacial score (nSPS) is 10.4. The molecule has 2 aromatic rings. The number of hydrogen-bond donors (Lipinski definition) is 1. The molecule has 2 rings (SSSR count). The molecule has 0 unspecified atom stereocenters. The fourth-order valence-electron chi connectivity index (χ4n) is 2.29. The monoisotopic (exact) mass is 335 g/mol. The van der Waals surface area contributed by atoms with Crippen molar-refractivity contribution in [3.63, 3.8) is 0 Å². The van der Waals surface area contributed by atoms with Crippen LogP contribution >= 0.6 is 11.6 Å². The molecule has 0 atom stereocenters. The average molecular weight is 336 g/mol. The Morgan fingerprint density at radius 1 is 1.17 bits per heavy atom. The lowest BCUT2D eigenvalue weighted by Gasteiger charge is -2.14. The van der Waals surface area contributed by atoms with E-state index in [-0.39, 0.29) is 17.5 Å². The third kappa shape index (κ3) is 4.45. The first-order valence-corrected chi connectivity index (χ1v) is 7.91. The van der Waals surface area contributed by atoms with E-state index < -0.39 is 5.82 Å². The topological polar surface area (TPSA) is 38.3 Å². The Bertz CT molecular complexity index is 681. The SMILES string of the molecule is CCc1cccc(CC)c1NC(=O)COc1ccc(F)c(Cl)c1. The summed E-state index contributed by atoms with van der Waals surface area (Å²) in [7, 11) is 0. The number of hydrogen-bond acceptors (Lipinski definition) is 2. The van der Waals surface area contributed by atoms with Gasteiger partial charge in [0.2, 0.25) is 0 Å². The molecule has 122 valence electrons. The molecule has 0 saturated carbocycles. The van der Waals surface area contributed by atoms with Gasteiger partial charge in [0.05, 0.1) is 5.02 Å². The molecule has 1 amide bonds. The zero-order valence-electron chi connectivity index (χ0n) is 13.2. The Balaban J connectivity index is 2.04. The van der Waals surface area contributed by atoms with Crippen molar-refractivity contribution in [1.82, 2.24) is 0 Å². The van der Waals surface area contributed by atoms with Crippen molar-refractivity contribution in [2.24, 2.45) is 0 Å². The van der Waals surface area contributed by atoms with Crippen LogP contribution in [0.3, 0.4) is 0 Å². The first kappa shape index (κ1) is 17.3. The molecule has 5 heteroatoms. The van der Waals surface area contributed by atoms with Crippen molar-refractivity contribution in [3.05, 3.63) is 58.4 Å². The lowest BCUT2D eigenvalue weighted by Crippen LogP contribution is -2.21. The number of halogens is 2. The second-order valence-corrected chi connectivity index (χ2v) is 5.48. The molecule has 0 bridgehead atoms. The molecule has 0 radical (unpaired) electrons. The maximum absolute atomic E-state index is 13.1. The second-order valence-electron chi connectivity index (χ2n) is 5.07. The summed E-state index contributed by atoms with van der Waals surface area (Å²) in [4.78, 5) is 12.1. The number of para-hydroxylation sites is 1. The molecule has 3 nitrogen and oxygen atoms in total. The van der Waals surface area contributed by atoms with Gasteiger partial charge in [0.1, 0.15) is 11.6 Å². The maximum Gasteiger partial charge on any atom is 0.262 e. The number of nitrogens with one attached hydrogen (secondary N) is 1. The van der Waals surface area contributed by atoms with Gasteiger partial charge in [-0.15, -0.1) is 0 Å². The fraction of sp³-hybridized carbons (Fsp3) is 0.278. The Kier molecular flexibility index (Phi) is 5.99. The lowest BCUT2D eigenvalue weighted by molar-refractivity contribution is -0.118. The average Bonchev–Trinajstić information content (AvgIpc) is 2.56. The van der Waals surface area contributed by atoms with Crippen molar-refractivity contribution in [2.75, 3.05) is 11.9 Å². The summed E-state index contributed by atoms with van der Waals surface area (Å²) < 4.78 is 18.4. The van der Waals surface area contributed by atoms with Crippen LogP contribution in [0.15, 0.2) is 36.4 Å². The zero-order valence-corrected chi connectivity index (χ0v) is 13.9. The largest absolute Gasteiger partial charge is 0.484 e. The van der Waals surface area contributed by atoms with E-state index in [1.165, 1.54) is 18.2 Å². The molecule has 0 fully saturated rings. The molecule has 0 aliphatic carbocycles. The predicted molar refractivity (Wildman–Crippen MR) is 90.7 cm³/mol. The summed E-state index contributed by atoms with van der Waals surface area (Å²) in [5, 5.41) is 2.87. The molecule has 0 aliphatic heterocycles. The van der Waals surface area contributed by atoms with Gasteiger partial charge >= 0.3 is 0 Å². The maximum atomic E-state index is 13.1. The molecule has 0 heterocycles. The van der Waals surface area contributed by atoms with Crippen molar-refractivity contribution in [3.8, 4) is 5.75 Å². The van der Waals surface area contributed by atoms with Crippen LogP contribution < -0.4 is 10.1 Å². The standard InChI is InChI=1S/C18H19ClFNO2/c1-3-12-6-5-7-13(4-2)18(12)21-17(22)11-23-14-8-9-16(20)15(19)10-14/h5-10H,3-4,11H2,1-2H3,(H,21,22). The van der Waals surface area contributed by atoms with E-state index in [9.17, 15) is 9.18 Å². The van der Waals surface area contributed by atoms with Gasteiger partial charge in [0.25, 0.3) is 5.91 Å². The molecule has 0 aliphatic rings. The van der Waals surface area contributed by atoms with Gasteiger partial charge in [-0.1, -0.05) is 43.6 Å². The molecular formula is C18H19ClFNO2. The van der Waals surface area contributed by atoms with Crippen molar-refractivity contribution < 1.29 is 13.9 Å². The van der Waals surface area contributed by atoms with E-state index in [0.717, 1.165) is 29.7 Å². The van der Waals surface area contributed by atoms with Gasteiger partial charge in [-0.3, -0.25) is 4.79 Å². The van der Waals surface area contributed by atoms with Gasteiger partial charge in [0, 0.05) is 11.8 Å². The number of benzene rings is 2. The minimum atomic E-state index is -0.520. The van der Waals surface area contributed by atoms with Gasteiger partial charge in [-0.25, -0.2) is 4.39 Å². The van der Waals surface area contributed by atoms with E-state index in [4.69, 9.17) is 16.3 Å². The number of carbonyl (C=O) groups excluding carboxylic acids is 1. The summed E-state index contributed by atoms with van der Waals surface area (Å²) in [6, 6.07) is 9.97. The van der Waals surface area contributed by atoms with E-state index in [1.54, 1.807) is 0 Å². The Hall–Kier alpha value is -2.07. The summed E-state index contributed by atoms with van der Waals surface area (Å²) in [5.41, 5.74) is 3.02. The highest BCUT2D eigenvalue weighted by molar-refractivity contribution is 6.30. The second kappa shape index (κ2) is 7.97. The van der Waals surface area contributed by atoms with Gasteiger partial charge in [0.15, 0.2) is 6.61 Å². The van der Waals surface area contributed by atoms with E-state index in [1.807, 2.05) is 32.0 Å². The molecule has 2 aromatic carbocycles. The third-order valence-corrected chi connectivity index (χ3v) is 3.81. The van der Waals surface area contributed by atoms with Crippen LogP contribution in [0, 0.1) is 5.82 Å². The molecule has 0 spiro atoms. The fourth-order valence-corrected chi connectivity index (χ4v) is 2.46. The highest BCUT2D eigenvalue weighted by Crippen LogP contribution is 2.23. The number of anilines is 1. The van der Waals surface area contributed by atoms with Gasteiger partial charge in [-0.05, 0) is 36.1 Å². The number of aryl methyl sites for hydroxylation is 2. The van der Waals surface area contributed by atoms with Crippen LogP contribution in [-0.2, 0) is 17.6 Å². The highest BCUT2D eigenvalue weighted by Gasteiger charge is 2.11. The first-order valence-electron chi connectivity index (χ1n) is 7.53. The minimum absolute atomic E-state index is 0.0347. The lowest BCUT2D eigenvalue weighted by atomic mass is 10.0.